The van der Waals surface area contributed by atoms with E-state index < -0.39 is 0 Å². The van der Waals surface area contributed by atoms with Crippen LogP contribution in [0.4, 0.5) is 0 Å². The topological polar surface area (TPSA) is 17.1 Å². The number of allylic oxidation sites excluding steroid dienone is 2. The van der Waals surface area contributed by atoms with Gasteiger partial charge in [-0.05, 0) is 35.7 Å². The quantitative estimate of drug-likeness (QED) is 0.446. The standard InChI is InChI=1S/C17H22O.C7H11/c1-3-4-10-16(13-8-9-15(2)18)14-17-11-6-5-7-12-17;1-7(2,3)6-4-5-6/h5-7,11-12,16H,3-4,10,13-14H2,1-2H3;4-5H,1-3H3. The van der Waals surface area contributed by atoms with Gasteiger partial charge in [0.1, 0.15) is 0 Å². The second kappa shape index (κ2) is 10.9. The van der Waals surface area contributed by atoms with Crippen molar-refractivity contribution in [3.05, 3.63) is 54.0 Å². The molecule has 1 aromatic carbocycles. The van der Waals surface area contributed by atoms with Crippen molar-refractivity contribution in [2.75, 3.05) is 0 Å². The molecule has 0 saturated heterocycles. The second-order valence-electron chi connectivity index (χ2n) is 7.80. The van der Waals surface area contributed by atoms with Crippen LogP contribution in [0.3, 0.4) is 0 Å². The fourth-order valence-electron chi connectivity index (χ4n) is 2.58. The van der Waals surface area contributed by atoms with Crippen LogP contribution in [0.25, 0.3) is 0 Å². The Kier molecular flexibility index (Phi) is 9.28. The highest BCUT2D eigenvalue weighted by atomic mass is 16.1. The Labute approximate surface area is 154 Å². The molecule has 0 amide bonds. The van der Waals surface area contributed by atoms with E-state index in [4.69, 9.17) is 0 Å². The van der Waals surface area contributed by atoms with E-state index in [-0.39, 0.29) is 5.78 Å². The number of unbranched alkanes of at least 4 members (excludes halogenated alkanes) is 1. The van der Waals surface area contributed by atoms with E-state index in [0.717, 1.165) is 12.8 Å². The molecule has 1 heteroatoms. The van der Waals surface area contributed by atoms with Gasteiger partial charge in [-0.2, -0.15) is 0 Å². The fourth-order valence-corrected chi connectivity index (χ4v) is 2.58. The summed E-state index contributed by atoms with van der Waals surface area (Å²) in [5.74, 6) is 6.19. The third-order valence-electron chi connectivity index (χ3n) is 4.19. The first-order chi connectivity index (χ1) is 11.8. The van der Waals surface area contributed by atoms with Gasteiger partial charge in [0.05, 0.1) is 0 Å². The molecule has 1 aliphatic carbocycles. The fraction of sp³-hybridized carbons (Fsp3) is 0.500. The Morgan fingerprint density at radius 1 is 1.16 bits per heavy atom. The van der Waals surface area contributed by atoms with Gasteiger partial charge in [0.25, 0.3) is 0 Å². The average molecular weight is 338 g/mol. The summed E-state index contributed by atoms with van der Waals surface area (Å²) >= 11 is 0. The summed E-state index contributed by atoms with van der Waals surface area (Å²) in [5.41, 5.74) is 3.27. The lowest BCUT2D eigenvalue weighted by Crippen LogP contribution is -2.04. The van der Waals surface area contributed by atoms with Crippen molar-refractivity contribution < 1.29 is 4.79 Å². The summed E-state index contributed by atoms with van der Waals surface area (Å²) in [6.07, 6.45) is 9.87. The highest BCUT2D eigenvalue weighted by Crippen LogP contribution is 2.36. The number of hydrogen-bond acceptors (Lipinski definition) is 1. The predicted molar refractivity (Wildman–Crippen MR) is 108 cm³/mol. The molecule has 1 unspecified atom stereocenters. The summed E-state index contributed by atoms with van der Waals surface area (Å²) in [6, 6.07) is 10.5. The predicted octanol–water partition coefficient (Wildman–Crippen LogP) is 6.19. The molecule has 0 spiro atoms. The molecule has 0 bridgehead atoms. The second-order valence-corrected chi connectivity index (χ2v) is 7.80. The van der Waals surface area contributed by atoms with Crippen molar-refractivity contribution in [2.45, 2.75) is 66.7 Å². The van der Waals surface area contributed by atoms with Crippen LogP contribution in [0.15, 0.2) is 42.0 Å². The van der Waals surface area contributed by atoms with Gasteiger partial charge in [-0.1, -0.05) is 88.4 Å². The van der Waals surface area contributed by atoms with Crippen LogP contribution >= 0.6 is 0 Å². The van der Waals surface area contributed by atoms with Crippen molar-refractivity contribution in [3.63, 3.8) is 0 Å². The Morgan fingerprint density at radius 3 is 2.24 bits per heavy atom. The molecule has 0 aromatic heterocycles. The van der Waals surface area contributed by atoms with Gasteiger partial charge >= 0.3 is 0 Å². The molecule has 1 nitrogen and oxygen atoms in total. The van der Waals surface area contributed by atoms with Crippen molar-refractivity contribution in [3.8, 4) is 11.8 Å². The number of hydrogen-bond donors (Lipinski definition) is 0. The Morgan fingerprint density at radius 2 is 1.80 bits per heavy atom. The molecule has 1 radical (unpaired) electrons. The molecule has 1 aliphatic rings. The minimum Gasteiger partial charge on any atom is -0.285 e. The number of carbonyl (C=O) groups excluding carboxylic acids is 1. The van der Waals surface area contributed by atoms with Crippen LogP contribution in [0.2, 0.25) is 0 Å². The summed E-state index contributed by atoms with van der Waals surface area (Å²) < 4.78 is 0. The maximum Gasteiger partial charge on any atom is 0.202 e. The molecule has 0 N–H and O–H groups in total. The van der Waals surface area contributed by atoms with Crippen molar-refractivity contribution in [2.24, 2.45) is 11.3 Å². The number of rotatable bonds is 6. The van der Waals surface area contributed by atoms with Gasteiger partial charge in [0.15, 0.2) is 0 Å². The normalized spacial score (nSPS) is 13.6. The molecular formula is C24H33O. The first-order valence-corrected chi connectivity index (χ1v) is 9.41. The van der Waals surface area contributed by atoms with Gasteiger partial charge in [0, 0.05) is 19.8 Å². The minimum atomic E-state index is -0.0380. The lowest BCUT2D eigenvalue weighted by atomic mass is 9.91. The molecular weight excluding hydrogens is 304 g/mol. The SMILES string of the molecule is CC(C)(C)C1=C[CH]1.CCCCC(CC#CC(C)=O)Cc1ccccc1. The third kappa shape index (κ3) is 10.6. The van der Waals surface area contributed by atoms with Gasteiger partial charge in [0.2, 0.25) is 5.78 Å². The van der Waals surface area contributed by atoms with Crippen molar-refractivity contribution >= 4 is 5.78 Å². The zero-order valence-corrected chi connectivity index (χ0v) is 16.6. The lowest BCUT2D eigenvalue weighted by molar-refractivity contribution is -0.111. The maximum absolute atomic E-state index is 10.8. The van der Waals surface area contributed by atoms with Gasteiger partial charge in [-0.3, -0.25) is 4.79 Å². The van der Waals surface area contributed by atoms with Gasteiger partial charge < -0.3 is 0 Å². The van der Waals surface area contributed by atoms with E-state index >= 15 is 0 Å². The summed E-state index contributed by atoms with van der Waals surface area (Å²) in [7, 11) is 0. The van der Waals surface area contributed by atoms with Crippen molar-refractivity contribution in [1.82, 2.24) is 0 Å². The zero-order chi connectivity index (χ0) is 18.7. The van der Waals surface area contributed by atoms with Crippen LogP contribution in [-0.2, 0) is 11.2 Å². The van der Waals surface area contributed by atoms with Crippen LogP contribution in [0.1, 0.15) is 65.9 Å². The number of ketones is 1. The van der Waals surface area contributed by atoms with E-state index in [1.807, 2.05) is 6.07 Å². The molecule has 1 aromatic rings. The Bertz CT molecular complexity index is 605. The van der Waals surface area contributed by atoms with E-state index in [1.165, 1.54) is 37.3 Å². The van der Waals surface area contributed by atoms with Gasteiger partial charge in [-0.25, -0.2) is 0 Å². The van der Waals surface area contributed by atoms with E-state index in [1.54, 1.807) is 0 Å². The molecule has 0 aliphatic heterocycles. The smallest absolute Gasteiger partial charge is 0.202 e. The number of Topliss-reactive ketones (excluding diaryl/α,β-unsaturated/α-hetero) is 1. The summed E-state index contributed by atoms with van der Waals surface area (Å²) in [6.45, 7) is 10.4. The van der Waals surface area contributed by atoms with Crippen LogP contribution in [-0.4, -0.2) is 5.78 Å². The van der Waals surface area contributed by atoms with E-state index in [0.29, 0.717) is 11.3 Å². The highest BCUT2D eigenvalue weighted by molar-refractivity contribution is 5.93. The van der Waals surface area contributed by atoms with Crippen LogP contribution in [0, 0.1) is 29.6 Å². The maximum atomic E-state index is 10.8. The van der Waals surface area contributed by atoms with Crippen LogP contribution in [0.5, 0.6) is 0 Å². The summed E-state index contributed by atoms with van der Waals surface area (Å²) in [4.78, 5) is 10.8. The highest BCUT2D eigenvalue weighted by Gasteiger charge is 2.22. The number of carbonyl (C=O) groups is 1. The minimum absolute atomic E-state index is 0.0380. The lowest BCUT2D eigenvalue weighted by Gasteiger charge is -2.13. The molecule has 25 heavy (non-hydrogen) atoms. The Balaban J connectivity index is 0.000000370. The molecule has 2 rings (SSSR count). The molecule has 0 saturated carbocycles. The first-order valence-electron chi connectivity index (χ1n) is 9.41. The zero-order valence-electron chi connectivity index (χ0n) is 16.6. The summed E-state index contributed by atoms with van der Waals surface area (Å²) in [5, 5.41) is 0. The largest absolute Gasteiger partial charge is 0.285 e. The molecule has 0 heterocycles. The first kappa shape index (κ1) is 21.2. The average Bonchev–Trinajstić information content (AvgIpc) is 3.38. The third-order valence-corrected chi connectivity index (χ3v) is 4.19. The molecule has 1 atom stereocenters. The van der Waals surface area contributed by atoms with Crippen molar-refractivity contribution in [1.29, 1.82) is 0 Å². The van der Waals surface area contributed by atoms with E-state index in [9.17, 15) is 4.79 Å². The van der Waals surface area contributed by atoms with E-state index in [2.05, 4.69) is 76.3 Å². The number of benzene rings is 1. The van der Waals surface area contributed by atoms with Gasteiger partial charge in [-0.15, -0.1) is 0 Å². The Hall–Kier alpha value is -1.81. The molecule has 0 fully saturated rings. The molecule has 135 valence electrons. The monoisotopic (exact) mass is 337 g/mol. The van der Waals surface area contributed by atoms with Crippen LogP contribution < -0.4 is 0 Å².